The van der Waals surface area contributed by atoms with Gasteiger partial charge in [-0.05, 0) is 19.4 Å². The summed E-state index contributed by atoms with van der Waals surface area (Å²) in [6, 6.07) is 7.12. The fourth-order valence-electron chi connectivity index (χ4n) is 3.11. The van der Waals surface area contributed by atoms with Gasteiger partial charge in [0.15, 0.2) is 11.9 Å². The van der Waals surface area contributed by atoms with Crippen LogP contribution in [-0.2, 0) is 24.6 Å². The van der Waals surface area contributed by atoms with Crippen LogP contribution in [0.3, 0.4) is 0 Å². The quantitative estimate of drug-likeness (QED) is 0.703. The van der Waals surface area contributed by atoms with E-state index < -0.39 is 42.3 Å². The van der Waals surface area contributed by atoms with E-state index in [9.17, 15) is 18.0 Å². The van der Waals surface area contributed by atoms with Gasteiger partial charge in [-0.3, -0.25) is 4.79 Å². The molecule has 27 heavy (non-hydrogen) atoms. The molecule has 0 bridgehead atoms. The van der Waals surface area contributed by atoms with Crippen LogP contribution in [0.15, 0.2) is 43.0 Å². The van der Waals surface area contributed by atoms with Gasteiger partial charge < -0.3 is 19.1 Å². The van der Waals surface area contributed by atoms with Gasteiger partial charge in [0.05, 0.1) is 6.61 Å². The molecule has 1 aromatic rings. The lowest BCUT2D eigenvalue weighted by Gasteiger charge is -2.41. The first kappa shape index (κ1) is 21.4. The summed E-state index contributed by atoms with van der Waals surface area (Å²) in [5, 5.41) is 0. The third kappa shape index (κ3) is 4.02. The fraction of sp³-hybridized carbons (Fsp3) is 0.526. The molecule has 0 radical (unpaired) electrons. The highest BCUT2D eigenvalue weighted by atomic mass is 19.4. The molecule has 0 aliphatic carbocycles. The van der Waals surface area contributed by atoms with Gasteiger partial charge in [-0.15, -0.1) is 6.58 Å². The highest BCUT2D eigenvalue weighted by molar-refractivity contribution is 5.81. The van der Waals surface area contributed by atoms with E-state index in [1.165, 1.54) is 63.2 Å². The Morgan fingerprint density at radius 2 is 1.85 bits per heavy atom. The predicted molar refractivity (Wildman–Crippen MR) is 92.8 cm³/mol. The number of benzene rings is 1. The molecular weight excluding hydrogens is 363 g/mol. The molecule has 0 N–H and O–H groups in total. The molecule has 0 unspecified atom stereocenters. The maximum atomic E-state index is 14.5. The SMILES string of the molecule is C=CCO[C@](c1ccccc1)([C@@H]1OC(C)(C)O[C@H]1C(=O)N(C)C)C(F)(F)F. The third-order valence-corrected chi connectivity index (χ3v) is 4.23. The molecule has 1 aliphatic rings. The summed E-state index contributed by atoms with van der Waals surface area (Å²) in [6.45, 7) is 5.97. The number of ether oxygens (including phenoxy) is 3. The molecule has 150 valence electrons. The van der Waals surface area contributed by atoms with Crippen molar-refractivity contribution in [2.24, 2.45) is 0 Å². The van der Waals surface area contributed by atoms with Crippen LogP contribution in [0.25, 0.3) is 0 Å². The lowest BCUT2D eigenvalue weighted by Crippen LogP contribution is -2.59. The zero-order valence-corrected chi connectivity index (χ0v) is 15.7. The van der Waals surface area contributed by atoms with Crippen LogP contribution in [0.2, 0.25) is 0 Å². The first-order chi connectivity index (χ1) is 12.5. The molecule has 1 heterocycles. The van der Waals surface area contributed by atoms with E-state index in [0.29, 0.717) is 0 Å². The molecule has 5 nitrogen and oxygen atoms in total. The Kier molecular flexibility index (Phi) is 6.03. The summed E-state index contributed by atoms with van der Waals surface area (Å²) in [5.41, 5.74) is -3.09. The summed E-state index contributed by atoms with van der Waals surface area (Å²) < 4.78 is 60.1. The van der Waals surface area contributed by atoms with E-state index in [4.69, 9.17) is 14.2 Å². The highest BCUT2D eigenvalue weighted by Crippen LogP contribution is 2.51. The fourth-order valence-corrected chi connectivity index (χ4v) is 3.11. The number of halogens is 3. The van der Waals surface area contributed by atoms with Gasteiger partial charge in [0.25, 0.3) is 5.91 Å². The molecule has 1 aromatic carbocycles. The molecule has 1 saturated heterocycles. The van der Waals surface area contributed by atoms with Gasteiger partial charge in [-0.1, -0.05) is 36.4 Å². The predicted octanol–water partition coefficient (Wildman–Crippen LogP) is 3.26. The van der Waals surface area contributed by atoms with Crippen molar-refractivity contribution in [3.63, 3.8) is 0 Å². The van der Waals surface area contributed by atoms with Crippen molar-refractivity contribution in [3.8, 4) is 0 Å². The maximum Gasteiger partial charge on any atom is 0.424 e. The number of hydrogen-bond acceptors (Lipinski definition) is 4. The largest absolute Gasteiger partial charge is 0.424 e. The van der Waals surface area contributed by atoms with E-state index in [2.05, 4.69) is 6.58 Å². The number of amides is 1. The van der Waals surface area contributed by atoms with Gasteiger partial charge in [0, 0.05) is 14.1 Å². The molecule has 1 amide bonds. The van der Waals surface area contributed by atoms with Crippen LogP contribution in [0.4, 0.5) is 13.2 Å². The number of carbonyl (C=O) groups excluding carboxylic acids is 1. The number of alkyl halides is 3. The molecular formula is C19H24F3NO4. The van der Waals surface area contributed by atoms with E-state index in [-0.39, 0.29) is 5.56 Å². The molecule has 1 aliphatic heterocycles. The minimum Gasteiger partial charge on any atom is -0.354 e. The molecule has 0 spiro atoms. The van der Waals surface area contributed by atoms with Crippen LogP contribution in [0, 0.1) is 0 Å². The van der Waals surface area contributed by atoms with Crippen LogP contribution < -0.4 is 0 Å². The zero-order chi connectivity index (χ0) is 20.5. The van der Waals surface area contributed by atoms with Crippen molar-refractivity contribution in [1.82, 2.24) is 4.90 Å². The zero-order valence-electron chi connectivity index (χ0n) is 15.7. The van der Waals surface area contributed by atoms with Crippen molar-refractivity contribution in [2.75, 3.05) is 20.7 Å². The Balaban J connectivity index is 2.70. The van der Waals surface area contributed by atoms with E-state index in [0.717, 1.165) is 0 Å². The minimum absolute atomic E-state index is 0.179. The van der Waals surface area contributed by atoms with Gasteiger partial charge in [-0.2, -0.15) is 13.2 Å². The van der Waals surface area contributed by atoms with E-state index >= 15 is 0 Å². The van der Waals surface area contributed by atoms with Gasteiger partial charge in [0.2, 0.25) is 5.60 Å². The van der Waals surface area contributed by atoms with Gasteiger partial charge in [0.1, 0.15) is 6.10 Å². The average Bonchev–Trinajstić information content (AvgIpc) is 2.90. The third-order valence-electron chi connectivity index (χ3n) is 4.23. The van der Waals surface area contributed by atoms with Crippen LogP contribution >= 0.6 is 0 Å². The first-order valence-corrected chi connectivity index (χ1v) is 8.40. The van der Waals surface area contributed by atoms with Gasteiger partial charge in [-0.25, -0.2) is 0 Å². The highest BCUT2D eigenvalue weighted by Gasteiger charge is 2.69. The standard InChI is InChI=1S/C19H24F3NO4/c1-6-12-25-18(19(20,21)22,13-10-8-7-9-11-13)15-14(16(24)23(4)5)26-17(2,3)27-15/h6-11,14-15H,1,12H2,2-5H3/t14-,15-,18-/m1/s1. The lowest BCUT2D eigenvalue weighted by atomic mass is 9.83. The van der Waals surface area contributed by atoms with Crippen LogP contribution in [0.1, 0.15) is 19.4 Å². The van der Waals surface area contributed by atoms with Crippen molar-refractivity contribution in [2.45, 2.75) is 43.6 Å². The number of likely N-dealkylation sites (N-methyl/N-ethyl adjacent to an activating group) is 1. The van der Waals surface area contributed by atoms with E-state index in [1.807, 2.05) is 0 Å². The Morgan fingerprint density at radius 1 is 1.26 bits per heavy atom. The van der Waals surface area contributed by atoms with Crippen LogP contribution in [0.5, 0.6) is 0 Å². The Bertz CT molecular complexity index is 675. The van der Waals surface area contributed by atoms with Crippen molar-refractivity contribution < 1.29 is 32.2 Å². The van der Waals surface area contributed by atoms with Crippen molar-refractivity contribution in [1.29, 1.82) is 0 Å². The summed E-state index contributed by atoms with van der Waals surface area (Å²) in [4.78, 5) is 13.8. The maximum absolute atomic E-state index is 14.5. The number of nitrogens with zero attached hydrogens (tertiary/aromatic N) is 1. The first-order valence-electron chi connectivity index (χ1n) is 8.40. The minimum atomic E-state index is -4.89. The summed E-state index contributed by atoms with van der Waals surface area (Å²) >= 11 is 0. The molecule has 0 aromatic heterocycles. The molecule has 0 saturated carbocycles. The summed E-state index contributed by atoms with van der Waals surface area (Å²) in [6.07, 6.45) is -6.92. The normalized spacial score (nSPS) is 24.3. The van der Waals surface area contributed by atoms with E-state index in [1.54, 1.807) is 6.07 Å². The molecule has 1 fully saturated rings. The Morgan fingerprint density at radius 3 is 2.33 bits per heavy atom. The van der Waals surface area contributed by atoms with Crippen LogP contribution in [-0.4, -0.2) is 55.7 Å². The lowest BCUT2D eigenvalue weighted by molar-refractivity contribution is -0.319. The second kappa shape index (κ2) is 7.61. The second-order valence-corrected chi connectivity index (χ2v) is 6.91. The Hall–Kier alpha value is -1.90. The van der Waals surface area contributed by atoms with Gasteiger partial charge >= 0.3 is 6.18 Å². The second-order valence-electron chi connectivity index (χ2n) is 6.91. The monoisotopic (exact) mass is 387 g/mol. The number of carbonyl (C=O) groups is 1. The number of hydrogen-bond donors (Lipinski definition) is 0. The van der Waals surface area contributed by atoms with Crippen molar-refractivity contribution >= 4 is 5.91 Å². The Labute approximate surface area is 156 Å². The molecule has 8 heteroatoms. The van der Waals surface area contributed by atoms with Crippen molar-refractivity contribution in [3.05, 3.63) is 48.6 Å². The average molecular weight is 387 g/mol. The number of rotatable bonds is 6. The summed E-state index contributed by atoms with van der Waals surface area (Å²) in [7, 11) is 2.88. The molecule has 3 atom stereocenters. The summed E-state index contributed by atoms with van der Waals surface area (Å²) in [5.74, 6) is -2.04. The smallest absolute Gasteiger partial charge is 0.354 e. The topological polar surface area (TPSA) is 48.0 Å². The molecule has 2 rings (SSSR count).